The van der Waals surface area contributed by atoms with Gasteiger partial charge in [0.2, 0.25) is 0 Å². The number of rotatable bonds is 7. The van der Waals surface area contributed by atoms with Crippen LogP contribution >= 0.6 is 15.9 Å². The van der Waals surface area contributed by atoms with Crippen LogP contribution in [0.15, 0.2) is 33.9 Å². The summed E-state index contributed by atoms with van der Waals surface area (Å²) in [5, 5.41) is 5.62. The average molecular weight is 425 g/mol. The number of hydrogen-bond donors (Lipinski definition) is 2. The second-order valence-electron chi connectivity index (χ2n) is 6.38. The van der Waals surface area contributed by atoms with Crippen LogP contribution in [0.1, 0.15) is 51.6 Å². The van der Waals surface area contributed by atoms with Crippen LogP contribution in [-0.2, 0) is 9.53 Å². The van der Waals surface area contributed by atoms with Crippen molar-refractivity contribution in [2.24, 2.45) is 0 Å². The lowest BCUT2D eigenvalue weighted by Gasteiger charge is -2.30. The van der Waals surface area contributed by atoms with Crippen molar-refractivity contribution in [1.29, 1.82) is 0 Å². The Kier molecular flexibility index (Phi) is 7.08. The largest absolute Gasteiger partial charge is 0.496 e. The van der Waals surface area contributed by atoms with Gasteiger partial charge in [-0.3, -0.25) is 0 Å². The summed E-state index contributed by atoms with van der Waals surface area (Å²) in [5.74, 6) is 0.256. The number of unbranched alkanes of at least 4 members (excludes halogenated alkanes) is 1. The lowest BCUT2D eigenvalue weighted by atomic mass is 9.93. The third-order valence-corrected chi connectivity index (χ3v) is 4.63. The van der Waals surface area contributed by atoms with E-state index in [4.69, 9.17) is 9.47 Å². The minimum absolute atomic E-state index is 0.247. The fourth-order valence-corrected chi connectivity index (χ4v) is 3.36. The van der Waals surface area contributed by atoms with Gasteiger partial charge < -0.3 is 20.1 Å². The molecule has 7 heteroatoms. The molecular formula is C19H25BrN2O4. The first kappa shape index (κ1) is 20.3. The molecule has 1 heterocycles. The Bertz CT molecular complexity index is 715. The maximum absolute atomic E-state index is 12.8. The Hall–Kier alpha value is -2.02. The van der Waals surface area contributed by atoms with Crippen LogP contribution in [-0.4, -0.2) is 25.2 Å². The summed E-state index contributed by atoms with van der Waals surface area (Å²) < 4.78 is 11.4. The second kappa shape index (κ2) is 9.07. The van der Waals surface area contributed by atoms with Gasteiger partial charge in [-0.05, 0) is 60.3 Å². The molecule has 1 unspecified atom stereocenters. The molecular weight excluding hydrogens is 400 g/mol. The van der Waals surface area contributed by atoms with Gasteiger partial charge in [0, 0.05) is 5.70 Å². The summed E-state index contributed by atoms with van der Waals surface area (Å²) in [6, 6.07) is 4.57. The molecule has 0 saturated heterocycles. The third-order valence-electron chi connectivity index (χ3n) is 4.01. The highest BCUT2D eigenvalue weighted by atomic mass is 79.9. The zero-order valence-corrected chi connectivity index (χ0v) is 17.1. The highest BCUT2D eigenvalue weighted by Crippen LogP contribution is 2.34. The summed E-state index contributed by atoms with van der Waals surface area (Å²) in [7, 11) is 1.58. The number of esters is 1. The number of urea groups is 1. The van der Waals surface area contributed by atoms with E-state index in [2.05, 4.69) is 33.5 Å². The number of allylic oxidation sites excluding steroid dienone is 1. The summed E-state index contributed by atoms with van der Waals surface area (Å²) >= 11 is 3.46. The number of methoxy groups -OCH3 is 1. The molecule has 0 aliphatic carbocycles. The summed E-state index contributed by atoms with van der Waals surface area (Å²) in [6.07, 6.45) is 2.19. The maximum Gasteiger partial charge on any atom is 0.338 e. The molecule has 1 aliphatic heterocycles. The Morgan fingerprint density at radius 1 is 1.35 bits per heavy atom. The van der Waals surface area contributed by atoms with Crippen molar-refractivity contribution in [3.63, 3.8) is 0 Å². The number of ether oxygens (including phenoxy) is 2. The number of amides is 2. The number of halogens is 1. The van der Waals surface area contributed by atoms with Crippen LogP contribution in [0.5, 0.6) is 5.75 Å². The average Bonchev–Trinajstić information content (AvgIpc) is 2.58. The van der Waals surface area contributed by atoms with Gasteiger partial charge in [0.1, 0.15) is 5.75 Å². The van der Waals surface area contributed by atoms with Gasteiger partial charge in [0.15, 0.2) is 0 Å². The van der Waals surface area contributed by atoms with E-state index in [0.717, 1.165) is 22.9 Å². The van der Waals surface area contributed by atoms with E-state index in [9.17, 15) is 9.59 Å². The summed E-state index contributed by atoms with van der Waals surface area (Å²) in [6.45, 7) is 5.67. The van der Waals surface area contributed by atoms with E-state index in [1.807, 2.05) is 12.1 Å². The van der Waals surface area contributed by atoms with E-state index >= 15 is 0 Å². The monoisotopic (exact) mass is 424 g/mol. The van der Waals surface area contributed by atoms with Crippen LogP contribution in [0.25, 0.3) is 0 Å². The predicted octanol–water partition coefficient (Wildman–Crippen LogP) is 4.21. The number of carbonyl (C=O) groups is 2. The molecule has 2 amide bonds. The standard InChI is InChI=1S/C19H25BrN2O4/c1-5-6-7-14-16(18(23)26-11(2)3)17(22-19(24)21-14)12-8-9-15(25-4)13(20)10-12/h8-11,17H,5-7H2,1-4H3,(H2,21,22,24). The fourth-order valence-electron chi connectivity index (χ4n) is 2.80. The second-order valence-corrected chi connectivity index (χ2v) is 7.23. The number of hydrogen-bond acceptors (Lipinski definition) is 4. The zero-order chi connectivity index (χ0) is 19.3. The molecule has 0 saturated carbocycles. The van der Waals surface area contributed by atoms with E-state index in [1.165, 1.54) is 0 Å². The van der Waals surface area contributed by atoms with Gasteiger partial charge in [-0.2, -0.15) is 0 Å². The first-order valence-corrected chi connectivity index (χ1v) is 9.51. The van der Waals surface area contributed by atoms with Gasteiger partial charge in [-0.15, -0.1) is 0 Å². The zero-order valence-electron chi connectivity index (χ0n) is 15.5. The topological polar surface area (TPSA) is 76.7 Å². The number of carbonyl (C=O) groups excluding carboxylic acids is 2. The highest BCUT2D eigenvalue weighted by molar-refractivity contribution is 9.10. The minimum Gasteiger partial charge on any atom is -0.496 e. The van der Waals surface area contributed by atoms with Crippen molar-refractivity contribution in [2.45, 2.75) is 52.2 Å². The molecule has 1 aliphatic rings. The molecule has 142 valence electrons. The fraction of sp³-hybridized carbons (Fsp3) is 0.474. The molecule has 6 nitrogen and oxygen atoms in total. The molecule has 2 rings (SSSR count). The van der Waals surface area contributed by atoms with Crippen LogP contribution in [0.4, 0.5) is 4.79 Å². The van der Waals surface area contributed by atoms with Crippen LogP contribution < -0.4 is 15.4 Å². The van der Waals surface area contributed by atoms with Crippen LogP contribution in [0, 0.1) is 0 Å². The Labute approximate surface area is 162 Å². The minimum atomic E-state index is -0.580. The first-order valence-electron chi connectivity index (χ1n) is 8.72. The first-order chi connectivity index (χ1) is 12.4. The molecule has 0 radical (unpaired) electrons. The molecule has 0 fully saturated rings. The van der Waals surface area contributed by atoms with Gasteiger partial charge in [0.05, 0.1) is 29.3 Å². The quantitative estimate of drug-likeness (QED) is 0.642. The molecule has 1 aromatic carbocycles. The normalized spacial score (nSPS) is 17.0. The van der Waals surface area contributed by atoms with Crippen LogP contribution in [0.2, 0.25) is 0 Å². The van der Waals surface area contributed by atoms with Crippen LogP contribution in [0.3, 0.4) is 0 Å². The Balaban J connectivity index is 2.50. The van der Waals surface area contributed by atoms with Crippen molar-refractivity contribution in [1.82, 2.24) is 10.6 Å². The molecule has 26 heavy (non-hydrogen) atoms. The molecule has 1 aromatic rings. The molecule has 0 aromatic heterocycles. The summed E-state index contributed by atoms with van der Waals surface area (Å²) in [4.78, 5) is 24.9. The highest BCUT2D eigenvalue weighted by Gasteiger charge is 2.34. The van der Waals surface area contributed by atoms with Gasteiger partial charge >= 0.3 is 12.0 Å². The smallest absolute Gasteiger partial charge is 0.338 e. The van der Waals surface area contributed by atoms with Gasteiger partial charge in [-0.1, -0.05) is 19.4 Å². The van der Waals surface area contributed by atoms with E-state index < -0.39 is 12.0 Å². The van der Waals surface area contributed by atoms with Crippen molar-refractivity contribution in [3.05, 3.63) is 39.5 Å². The Morgan fingerprint density at radius 3 is 2.65 bits per heavy atom. The van der Waals surface area contributed by atoms with Crippen molar-refractivity contribution >= 4 is 27.9 Å². The van der Waals surface area contributed by atoms with Crippen molar-refractivity contribution in [2.75, 3.05) is 7.11 Å². The predicted molar refractivity (Wildman–Crippen MR) is 103 cm³/mol. The van der Waals surface area contributed by atoms with E-state index in [-0.39, 0.29) is 12.1 Å². The van der Waals surface area contributed by atoms with Crippen molar-refractivity contribution < 1.29 is 19.1 Å². The number of nitrogens with one attached hydrogen (secondary N) is 2. The number of benzene rings is 1. The van der Waals surface area contributed by atoms with Crippen molar-refractivity contribution in [3.8, 4) is 5.75 Å². The summed E-state index contributed by atoms with van der Waals surface area (Å²) in [5.41, 5.74) is 1.85. The molecule has 2 N–H and O–H groups in total. The lowest BCUT2D eigenvalue weighted by Crippen LogP contribution is -2.46. The third kappa shape index (κ3) is 4.78. The molecule has 0 spiro atoms. The van der Waals surface area contributed by atoms with Gasteiger partial charge in [0.25, 0.3) is 0 Å². The van der Waals surface area contributed by atoms with Gasteiger partial charge in [-0.25, -0.2) is 9.59 Å². The maximum atomic E-state index is 12.8. The lowest BCUT2D eigenvalue weighted by molar-refractivity contribution is -0.143. The SMILES string of the molecule is CCCCC1=C(C(=O)OC(C)C)C(c2ccc(OC)c(Br)c2)NC(=O)N1. The molecule has 1 atom stereocenters. The van der Waals surface area contributed by atoms with E-state index in [0.29, 0.717) is 23.4 Å². The molecule has 0 bridgehead atoms. The Morgan fingerprint density at radius 2 is 2.08 bits per heavy atom. The van der Waals surface area contributed by atoms with E-state index in [1.54, 1.807) is 27.0 Å².